The van der Waals surface area contributed by atoms with Gasteiger partial charge in [-0.15, -0.1) is 34.2 Å². The van der Waals surface area contributed by atoms with E-state index in [0.717, 1.165) is 47.9 Å². The van der Waals surface area contributed by atoms with Crippen LogP contribution >= 0.6 is 51.5 Å². The number of guanidine groups is 1. The molecule has 0 aliphatic carbocycles. The van der Waals surface area contributed by atoms with E-state index in [4.69, 9.17) is 11.6 Å². The van der Waals surface area contributed by atoms with Crippen LogP contribution in [0.4, 0.5) is 0 Å². The van der Waals surface area contributed by atoms with E-state index in [1.165, 1.54) is 0 Å². The van der Waals surface area contributed by atoms with Gasteiger partial charge in [-0.2, -0.15) is 0 Å². The molecular weight excluding hydrogens is 518 g/mol. The number of halogens is 3. The summed E-state index contributed by atoms with van der Waals surface area (Å²) in [5, 5.41) is 15.3. The van der Waals surface area contributed by atoms with Gasteiger partial charge in [0, 0.05) is 35.6 Å². The lowest BCUT2D eigenvalue weighted by Crippen LogP contribution is -2.38. The molecule has 0 atom stereocenters. The Bertz CT molecular complexity index is 691. The first-order chi connectivity index (χ1) is 11.6. The Kier molecular flexibility index (Phi) is 10.4. The van der Waals surface area contributed by atoms with Gasteiger partial charge in [-0.05, 0) is 24.6 Å². The first-order valence-corrected chi connectivity index (χ1v) is 9.14. The highest BCUT2D eigenvalue weighted by molar-refractivity contribution is 14.0. The van der Waals surface area contributed by atoms with Gasteiger partial charge in [0.1, 0.15) is 12.2 Å². The lowest BCUT2D eigenvalue weighted by atomic mass is 10.2. The van der Waals surface area contributed by atoms with Crippen LogP contribution in [0.1, 0.15) is 25.2 Å². The second-order valence-corrected chi connectivity index (χ2v) is 6.47. The number of hydrogen-bond donors (Lipinski definition) is 2. The lowest BCUT2D eigenvalue weighted by Gasteiger charge is -2.12. The Labute approximate surface area is 179 Å². The van der Waals surface area contributed by atoms with E-state index in [2.05, 4.69) is 48.7 Å². The van der Waals surface area contributed by atoms with E-state index in [1.54, 1.807) is 6.33 Å². The minimum atomic E-state index is 0. The number of benzene rings is 1. The molecule has 0 bridgehead atoms. The van der Waals surface area contributed by atoms with Crippen molar-refractivity contribution in [2.24, 2.45) is 4.99 Å². The Morgan fingerprint density at radius 2 is 2.12 bits per heavy atom. The summed E-state index contributed by atoms with van der Waals surface area (Å²) in [5.74, 6) is 1.75. The van der Waals surface area contributed by atoms with E-state index in [-0.39, 0.29) is 24.0 Å². The summed E-state index contributed by atoms with van der Waals surface area (Å²) in [6, 6.07) is 5.82. The zero-order chi connectivity index (χ0) is 17.4. The summed E-state index contributed by atoms with van der Waals surface area (Å²) in [6.07, 6.45) is 2.63. The summed E-state index contributed by atoms with van der Waals surface area (Å²) in [7, 11) is 0. The maximum atomic E-state index is 6.24. The monoisotopic (exact) mass is 540 g/mol. The third-order valence-electron chi connectivity index (χ3n) is 3.42. The maximum absolute atomic E-state index is 6.24. The molecule has 0 radical (unpaired) electrons. The standard InChI is InChI=1S/C16H22BrClN6.HI/c1-3-15-23-22-11-24(15)8-7-20-16(19-4-2)21-10-12-5-6-13(17)9-14(12)18;/h5-6,9,11H,3-4,7-8,10H2,1-2H3,(H2,19,20,21);1H. The van der Waals surface area contributed by atoms with E-state index in [9.17, 15) is 0 Å². The molecule has 0 saturated carbocycles. The first-order valence-electron chi connectivity index (χ1n) is 7.96. The fourth-order valence-electron chi connectivity index (χ4n) is 2.19. The number of nitrogens with one attached hydrogen (secondary N) is 2. The minimum Gasteiger partial charge on any atom is -0.357 e. The fourth-order valence-corrected chi connectivity index (χ4v) is 2.92. The second-order valence-electron chi connectivity index (χ2n) is 5.15. The van der Waals surface area contributed by atoms with Gasteiger partial charge in [-0.25, -0.2) is 4.99 Å². The normalized spacial score (nSPS) is 11.1. The van der Waals surface area contributed by atoms with Gasteiger partial charge in [-0.3, -0.25) is 0 Å². The molecule has 1 heterocycles. The van der Waals surface area contributed by atoms with Crippen LogP contribution in [0.3, 0.4) is 0 Å². The molecule has 1 aromatic carbocycles. The number of nitrogens with zero attached hydrogens (tertiary/aromatic N) is 4. The molecule has 0 aliphatic rings. The summed E-state index contributed by atoms with van der Waals surface area (Å²) in [4.78, 5) is 4.59. The molecule has 0 unspecified atom stereocenters. The number of hydrogen-bond acceptors (Lipinski definition) is 3. The van der Waals surface area contributed by atoms with Crippen molar-refractivity contribution in [2.75, 3.05) is 13.1 Å². The fraction of sp³-hybridized carbons (Fsp3) is 0.438. The summed E-state index contributed by atoms with van der Waals surface area (Å²) < 4.78 is 3.01. The van der Waals surface area contributed by atoms with Crippen molar-refractivity contribution in [3.8, 4) is 0 Å². The van der Waals surface area contributed by atoms with E-state index in [1.807, 2.05) is 29.7 Å². The third-order valence-corrected chi connectivity index (χ3v) is 4.27. The van der Waals surface area contributed by atoms with E-state index in [0.29, 0.717) is 11.6 Å². The Hall–Kier alpha value is -0.870. The lowest BCUT2D eigenvalue weighted by molar-refractivity contribution is 0.632. The highest BCUT2D eigenvalue weighted by atomic mass is 127. The third kappa shape index (κ3) is 7.10. The van der Waals surface area contributed by atoms with Crippen LogP contribution in [-0.4, -0.2) is 33.8 Å². The van der Waals surface area contributed by atoms with Crippen molar-refractivity contribution < 1.29 is 0 Å². The number of aliphatic imine (C=N–C) groups is 1. The molecule has 0 amide bonds. The molecule has 138 valence electrons. The molecule has 9 heteroatoms. The summed E-state index contributed by atoms with van der Waals surface area (Å²) in [6.45, 7) is 6.96. The van der Waals surface area contributed by atoms with Gasteiger partial charge >= 0.3 is 0 Å². The topological polar surface area (TPSA) is 67.1 Å². The average molecular weight is 542 g/mol. The van der Waals surface area contributed by atoms with Gasteiger partial charge in [-0.1, -0.05) is 40.5 Å². The maximum Gasteiger partial charge on any atom is 0.191 e. The average Bonchev–Trinajstić information content (AvgIpc) is 3.01. The van der Waals surface area contributed by atoms with Crippen LogP contribution < -0.4 is 10.6 Å². The largest absolute Gasteiger partial charge is 0.357 e. The molecular formula is C16H23BrClIN6. The van der Waals surface area contributed by atoms with Crippen LogP contribution in [0, 0.1) is 0 Å². The smallest absolute Gasteiger partial charge is 0.191 e. The van der Waals surface area contributed by atoms with Crippen molar-refractivity contribution in [2.45, 2.75) is 33.4 Å². The number of rotatable bonds is 7. The highest BCUT2D eigenvalue weighted by Gasteiger charge is 2.04. The summed E-state index contributed by atoms with van der Waals surface area (Å²) in [5.41, 5.74) is 0.990. The van der Waals surface area contributed by atoms with Gasteiger partial charge in [0.25, 0.3) is 0 Å². The van der Waals surface area contributed by atoms with Crippen molar-refractivity contribution in [3.05, 3.63) is 45.4 Å². The van der Waals surface area contributed by atoms with Crippen molar-refractivity contribution in [1.82, 2.24) is 25.4 Å². The van der Waals surface area contributed by atoms with Gasteiger partial charge in [0.15, 0.2) is 5.96 Å². The zero-order valence-corrected chi connectivity index (χ0v) is 19.0. The SMILES string of the molecule is CCNC(=NCc1ccc(Br)cc1Cl)NCCn1cnnc1CC.I. The summed E-state index contributed by atoms with van der Waals surface area (Å²) >= 11 is 9.65. The van der Waals surface area contributed by atoms with Crippen LogP contribution in [0.25, 0.3) is 0 Å². The predicted octanol–water partition coefficient (Wildman–Crippen LogP) is 3.63. The molecule has 2 aromatic rings. The molecule has 0 spiro atoms. The zero-order valence-electron chi connectivity index (χ0n) is 14.3. The van der Waals surface area contributed by atoms with Crippen LogP contribution in [0.5, 0.6) is 0 Å². The van der Waals surface area contributed by atoms with E-state index >= 15 is 0 Å². The molecule has 2 rings (SSSR count). The van der Waals surface area contributed by atoms with Crippen molar-refractivity contribution in [1.29, 1.82) is 0 Å². The van der Waals surface area contributed by atoms with Gasteiger partial charge in [0.2, 0.25) is 0 Å². The van der Waals surface area contributed by atoms with E-state index < -0.39 is 0 Å². The van der Waals surface area contributed by atoms with Crippen LogP contribution in [0.15, 0.2) is 34.0 Å². The molecule has 0 fully saturated rings. The Balaban J connectivity index is 0.00000312. The van der Waals surface area contributed by atoms with Gasteiger partial charge < -0.3 is 15.2 Å². The molecule has 1 aromatic heterocycles. The van der Waals surface area contributed by atoms with Gasteiger partial charge in [0.05, 0.1) is 6.54 Å². The molecule has 2 N–H and O–H groups in total. The second kappa shape index (κ2) is 11.7. The van der Waals surface area contributed by atoms with Crippen LogP contribution in [0.2, 0.25) is 5.02 Å². The minimum absolute atomic E-state index is 0. The Morgan fingerprint density at radius 3 is 2.80 bits per heavy atom. The number of aromatic nitrogens is 3. The Morgan fingerprint density at radius 1 is 1.32 bits per heavy atom. The number of aryl methyl sites for hydroxylation is 1. The predicted molar refractivity (Wildman–Crippen MR) is 117 cm³/mol. The molecule has 0 aliphatic heterocycles. The van der Waals surface area contributed by atoms with Crippen molar-refractivity contribution >= 4 is 57.5 Å². The first kappa shape index (κ1) is 22.2. The van der Waals surface area contributed by atoms with Crippen molar-refractivity contribution in [3.63, 3.8) is 0 Å². The molecule has 0 saturated heterocycles. The quantitative estimate of drug-likeness (QED) is 0.319. The van der Waals surface area contributed by atoms with Crippen LogP contribution in [-0.2, 0) is 19.5 Å². The highest BCUT2D eigenvalue weighted by Crippen LogP contribution is 2.21. The molecule has 25 heavy (non-hydrogen) atoms. The molecule has 6 nitrogen and oxygen atoms in total.